The van der Waals surface area contributed by atoms with Crippen molar-refractivity contribution in [1.29, 1.82) is 0 Å². The predicted octanol–water partition coefficient (Wildman–Crippen LogP) is 2.73. The highest BCUT2D eigenvalue weighted by Gasteiger charge is 2.39. The maximum Gasteiger partial charge on any atom is 0.207 e. The Kier molecular flexibility index (Phi) is 4.78. The van der Waals surface area contributed by atoms with Crippen LogP contribution < -0.4 is 0 Å². The average molecular weight is 314 g/mol. The number of hydrogen-bond acceptors (Lipinski definition) is 3. The molecule has 1 aromatic rings. The van der Waals surface area contributed by atoms with Gasteiger partial charge in [0.1, 0.15) is 0 Å². The number of halogens is 1. The van der Waals surface area contributed by atoms with Gasteiger partial charge in [-0.2, -0.15) is 0 Å². The molecule has 1 aliphatic heterocycles. The minimum atomic E-state index is -0.624. The second kappa shape index (κ2) is 6.15. The predicted molar refractivity (Wildman–Crippen MR) is 75.8 cm³/mol. The summed E-state index contributed by atoms with van der Waals surface area (Å²) in [5, 5.41) is 1.03. The van der Waals surface area contributed by atoms with Crippen LogP contribution in [0.5, 0.6) is 0 Å². The van der Waals surface area contributed by atoms with E-state index in [9.17, 15) is 0 Å². The van der Waals surface area contributed by atoms with Crippen molar-refractivity contribution in [3.05, 3.63) is 35.4 Å². The zero-order valence-electron chi connectivity index (χ0n) is 11.0. The molecular weight excluding hydrogens is 294 g/mol. The van der Waals surface area contributed by atoms with E-state index in [-0.39, 0.29) is 0 Å². The molecule has 3 nitrogen and oxygen atoms in total. The second-order valence-electron chi connectivity index (χ2n) is 4.57. The smallest absolute Gasteiger partial charge is 0.207 e. The summed E-state index contributed by atoms with van der Waals surface area (Å²) in [5.41, 5.74) is 2.45. The Morgan fingerprint density at radius 3 is 2.67 bits per heavy atom. The SMILES string of the molecule is COC1(OC)CN(CCCBr)Cc2ccccc21. The van der Waals surface area contributed by atoms with Crippen molar-refractivity contribution in [1.82, 2.24) is 4.90 Å². The first kappa shape index (κ1) is 14.0. The highest BCUT2D eigenvalue weighted by molar-refractivity contribution is 9.09. The van der Waals surface area contributed by atoms with Crippen molar-refractivity contribution in [2.24, 2.45) is 0 Å². The Balaban J connectivity index is 2.29. The molecule has 2 rings (SSSR count). The molecule has 100 valence electrons. The molecule has 0 saturated carbocycles. The number of alkyl halides is 1. The maximum absolute atomic E-state index is 5.69. The Labute approximate surface area is 117 Å². The molecule has 1 aliphatic rings. The highest BCUT2D eigenvalue weighted by Crippen LogP contribution is 2.35. The molecule has 0 aromatic heterocycles. The molecule has 0 radical (unpaired) electrons. The lowest BCUT2D eigenvalue weighted by Gasteiger charge is -2.42. The third-order valence-electron chi connectivity index (χ3n) is 3.52. The molecule has 0 spiro atoms. The van der Waals surface area contributed by atoms with Crippen LogP contribution in [0.2, 0.25) is 0 Å². The molecule has 0 N–H and O–H groups in total. The van der Waals surface area contributed by atoms with Gasteiger partial charge >= 0.3 is 0 Å². The molecule has 0 bridgehead atoms. The van der Waals surface area contributed by atoms with E-state index in [1.807, 2.05) is 6.07 Å². The Morgan fingerprint density at radius 2 is 2.00 bits per heavy atom. The van der Waals surface area contributed by atoms with Gasteiger partial charge in [-0.1, -0.05) is 40.2 Å². The van der Waals surface area contributed by atoms with E-state index < -0.39 is 5.79 Å². The summed E-state index contributed by atoms with van der Waals surface area (Å²) in [7, 11) is 3.43. The fourth-order valence-corrected chi connectivity index (χ4v) is 2.83. The van der Waals surface area contributed by atoms with Crippen LogP contribution in [0.1, 0.15) is 17.5 Å². The van der Waals surface area contributed by atoms with Crippen LogP contribution >= 0.6 is 15.9 Å². The van der Waals surface area contributed by atoms with Gasteiger partial charge in [-0.05, 0) is 18.5 Å². The van der Waals surface area contributed by atoms with Crippen LogP contribution in [0.4, 0.5) is 0 Å². The van der Waals surface area contributed by atoms with Crippen molar-refractivity contribution in [2.45, 2.75) is 18.8 Å². The summed E-state index contributed by atoms with van der Waals surface area (Å²) in [6.07, 6.45) is 1.13. The van der Waals surface area contributed by atoms with Gasteiger partial charge in [0.05, 0.1) is 6.54 Å². The number of rotatable bonds is 5. The summed E-state index contributed by atoms with van der Waals surface area (Å²) < 4.78 is 11.4. The third kappa shape index (κ3) is 2.62. The molecule has 4 heteroatoms. The monoisotopic (exact) mass is 313 g/mol. The van der Waals surface area contributed by atoms with Gasteiger partial charge in [-0.15, -0.1) is 0 Å². The van der Waals surface area contributed by atoms with E-state index in [0.29, 0.717) is 0 Å². The number of methoxy groups -OCH3 is 2. The van der Waals surface area contributed by atoms with Gasteiger partial charge in [-0.3, -0.25) is 4.90 Å². The van der Waals surface area contributed by atoms with E-state index in [1.165, 1.54) is 5.56 Å². The first-order chi connectivity index (χ1) is 8.75. The van der Waals surface area contributed by atoms with Crippen molar-refractivity contribution in [3.63, 3.8) is 0 Å². The van der Waals surface area contributed by atoms with Crippen molar-refractivity contribution >= 4 is 15.9 Å². The normalized spacial score (nSPS) is 18.6. The largest absolute Gasteiger partial charge is 0.348 e. The molecule has 18 heavy (non-hydrogen) atoms. The van der Waals surface area contributed by atoms with Gasteiger partial charge in [-0.25, -0.2) is 0 Å². The van der Waals surface area contributed by atoms with Crippen molar-refractivity contribution in [3.8, 4) is 0 Å². The zero-order chi connectivity index (χ0) is 13.0. The third-order valence-corrected chi connectivity index (χ3v) is 4.08. The Bertz CT molecular complexity index is 393. The zero-order valence-corrected chi connectivity index (χ0v) is 12.6. The lowest BCUT2D eigenvalue weighted by molar-refractivity contribution is -0.232. The average Bonchev–Trinajstić information content (AvgIpc) is 2.44. The number of nitrogens with zero attached hydrogens (tertiary/aromatic N) is 1. The Morgan fingerprint density at radius 1 is 1.28 bits per heavy atom. The van der Waals surface area contributed by atoms with Crippen LogP contribution in [0, 0.1) is 0 Å². The number of fused-ring (bicyclic) bond motifs is 1. The highest BCUT2D eigenvalue weighted by atomic mass is 79.9. The molecule has 0 fully saturated rings. The standard InChI is InChI=1S/C14H20BrNO2/c1-17-14(18-2)11-16(9-5-8-15)10-12-6-3-4-7-13(12)14/h3-4,6-7H,5,8-11H2,1-2H3. The number of benzene rings is 1. The van der Waals surface area contributed by atoms with E-state index in [2.05, 4.69) is 39.0 Å². The maximum atomic E-state index is 5.69. The number of ether oxygens (including phenoxy) is 2. The Hall–Kier alpha value is -0.420. The molecule has 0 aliphatic carbocycles. The summed E-state index contributed by atoms with van der Waals surface area (Å²) in [6, 6.07) is 8.37. The van der Waals surface area contributed by atoms with Crippen molar-refractivity contribution < 1.29 is 9.47 Å². The minimum Gasteiger partial charge on any atom is -0.348 e. The van der Waals surface area contributed by atoms with Crippen LogP contribution in [-0.4, -0.2) is 37.5 Å². The van der Waals surface area contributed by atoms with Crippen LogP contribution in [0.15, 0.2) is 24.3 Å². The van der Waals surface area contributed by atoms with Crippen LogP contribution in [0.25, 0.3) is 0 Å². The summed E-state index contributed by atoms with van der Waals surface area (Å²) in [5.74, 6) is -0.624. The van der Waals surface area contributed by atoms with Crippen LogP contribution in [-0.2, 0) is 21.8 Å². The molecule has 0 saturated heterocycles. The van der Waals surface area contributed by atoms with Gasteiger partial charge in [0.25, 0.3) is 0 Å². The topological polar surface area (TPSA) is 21.7 Å². The molecule has 1 heterocycles. The van der Waals surface area contributed by atoms with Gasteiger partial charge in [0, 0.05) is 31.7 Å². The fourth-order valence-electron chi connectivity index (χ4n) is 2.58. The quantitative estimate of drug-likeness (QED) is 0.616. The first-order valence-corrected chi connectivity index (χ1v) is 7.35. The fraction of sp³-hybridized carbons (Fsp3) is 0.571. The molecule has 1 aromatic carbocycles. The summed E-state index contributed by atoms with van der Waals surface area (Å²) in [6.45, 7) is 2.80. The van der Waals surface area contributed by atoms with E-state index in [1.54, 1.807) is 14.2 Å². The minimum absolute atomic E-state index is 0.624. The summed E-state index contributed by atoms with van der Waals surface area (Å²) >= 11 is 3.48. The van der Waals surface area contributed by atoms with E-state index in [4.69, 9.17) is 9.47 Å². The molecular formula is C14H20BrNO2. The van der Waals surface area contributed by atoms with Gasteiger partial charge < -0.3 is 9.47 Å². The molecule has 0 atom stereocenters. The van der Waals surface area contributed by atoms with Crippen molar-refractivity contribution in [2.75, 3.05) is 32.6 Å². The van der Waals surface area contributed by atoms with Crippen LogP contribution in [0.3, 0.4) is 0 Å². The summed E-state index contributed by atoms with van der Waals surface area (Å²) in [4.78, 5) is 2.39. The lowest BCUT2D eigenvalue weighted by Crippen LogP contribution is -2.48. The molecule has 0 amide bonds. The first-order valence-electron chi connectivity index (χ1n) is 6.23. The van der Waals surface area contributed by atoms with E-state index in [0.717, 1.165) is 36.9 Å². The lowest BCUT2D eigenvalue weighted by atomic mass is 9.94. The van der Waals surface area contributed by atoms with Gasteiger partial charge in [0.2, 0.25) is 5.79 Å². The molecule has 0 unspecified atom stereocenters. The van der Waals surface area contributed by atoms with E-state index >= 15 is 0 Å². The second-order valence-corrected chi connectivity index (χ2v) is 5.36. The number of hydrogen-bond donors (Lipinski definition) is 0. The van der Waals surface area contributed by atoms with Gasteiger partial charge in [0.15, 0.2) is 0 Å².